The second kappa shape index (κ2) is 3.51. The fourth-order valence-corrected chi connectivity index (χ4v) is 2.51. The fourth-order valence-electron chi connectivity index (χ4n) is 1.57. The van der Waals surface area contributed by atoms with Crippen molar-refractivity contribution in [1.82, 2.24) is 0 Å². The van der Waals surface area contributed by atoms with Gasteiger partial charge in [-0.3, -0.25) is 5.41 Å². The summed E-state index contributed by atoms with van der Waals surface area (Å²) in [7, 11) is 0. The number of thiophene rings is 1. The van der Waals surface area contributed by atoms with E-state index in [-0.39, 0.29) is 5.84 Å². The maximum Gasteiger partial charge on any atom is 0.133 e. The third kappa shape index (κ3) is 1.66. The smallest absolute Gasteiger partial charge is 0.133 e. The molecule has 0 aliphatic heterocycles. The fraction of sp³-hybridized carbons (Fsp3) is 0.0833. The number of hydrogen-bond acceptors (Lipinski definition) is 2. The molecule has 0 aliphatic carbocycles. The van der Waals surface area contributed by atoms with Gasteiger partial charge in [0, 0.05) is 10.1 Å². The molecule has 0 bridgehead atoms. The Kier molecular flexibility index (Phi) is 2.32. The first-order chi connectivity index (χ1) is 7.09. The summed E-state index contributed by atoms with van der Waals surface area (Å²) in [5, 5.41) is 8.55. The Hall–Kier alpha value is -1.61. The monoisotopic (exact) mass is 216 g/mol. The Morgan fingerprint density at radius 2 is 2.20 bits per heavy atom. The molecule has 0 spiro atoms. The number of nitrogens with one attached hydrogen (secondary N) is 1. The van der Waals surface area contributed by atoms with E-state index in [1.807, 2.05) is 31.2 Å². The Labute approximate surface area is 92.5 Å². The summed E-state index contributed by atoms with van der Waals surface area (Å²) >= 11 is 1.55. The van der Waals surface area contributed by atoms with E-state index in [2.05, 4.69) is 6.58 Å². The van der Waals surface area contributed by atoms with Crippen LogP contribution in [0, 0.1) is 5.41 Å². The number of amidine groups is 1. The zero-order valence-electron chi connectivity index (χ0n) is 8.50. The Morgan fingerprint density at radius 1 is 1.47 bits per heavy atom. The molecule has 0 fully saturated rings. The third-order valence-corrected chi connectivity index (χ3v) is 3.42. The van der Waals surface area contributed by atoms with E-state index in [4.69, 9.17) is 11.1 Å². The van der Waals surface area contributed by atoms with Crippen molar-refractivity contribution in [3.05, 3.63) is 41.3 Å². The first-order valence-electron chi connectivity index (χ1n) is 4.62. The maximum atomic E-state index is 7.41. The minimum Gasteiger partial charge on any atom is -0.383 e. The number of hydrogen-bond donors (Lipinski definition) is 2. The van der Waals surface area contributed by atoms with Crippen LogP contribution in [-0.2, 0) is 0 Å². The number of fused-ring (bicyclic) bond motifs is 1. The predicted molar refractivity (Wildman–Crippen MR) is 67.5 cm³/mol. The average molecular weight is 216 g/mol. The van der Waals surface area contributed by atoms with Gasteiger partial charge in [0.25, 0.3) is 0 Å². The quantitative estimate of drug-likeness (QED) is 0.587. The highest BCUT2D eigenvalue weighted by atomic mass is 32.1. The maximum absolute atomic E-state index is 7.41. The Balaban J connectivity index is 2.75. The molecule has 0 saturated carbocycles. The van der Waals surface area contributed by atoms with E-state index in [0.717, 1.165) is 26.1 Å². The van der Waals surface area contributed by atoms with Gasteiger partial charge in [-0.15, -0.1) is 11.3 Å². The number of allylic oxidation sites excluding steroid dienone is 1. The average Bonchev–Trinajstić information content (AvgIpc) is 2.60. The van der Waals surface area contributed by atoms with Gasteiger partial charge in [0.1, 0.15) is 5.84 Å². The lowest BCUT2D eigenvalue weighted by atomic mass is 10.0. The van der Waals surface area contributed by atoms with Crippen LogP contribution in [0.2, 0.25) is 0 Å². The van der Waals surface area contributed by atoms with Gasteiger partial charge in [-0.2, -0.15) is 0 Å². The summed E-state index contributed by atoms with van der Waals surface area (Å²) in [5.41, 5.74) is 7.65. The predicted octanol–water partition coefficient (Wildman–Crippen LogP) is 3.22. The van der Waals surface area contributed by atoms with E-state index in [0.29, 0.717) is 0 Å². The molecule has 15 heavy (non-hydrogen) atoms. The SMILES string of the molecule is C=C(C)c1cccc2sc(C(=N)N)cc12. The van der Waals surface area contributed by atoms with Crippen LogP contribution in [0.1, 0.15) is 17.4 Å². The van der Waals surface area contributed by atoms with Crippen molar-refractivity contribution in [1.29, 1.82) is 5.41 Å². The molecule has 0 unspecified atom stereocenters. The van der Waals surface area contributed by atoms with E-state index in [1.54, 1.807) is 11.3 Å². The van der Waals surface area contributed by atoms with Gasteiger partial charge in [0.2, 0.25) is 0 Å². The Morgan fingerprint density at radius 3 is 2.80 bits per heavy atom. The topological polar surface area (TPSA) is 49.9 Å². The van der Waals surface area contributed by atoms with Crippen LogP contribution < -0.4 is 5.73 Å². The van der Waals surface area contributed by atoms with Crippen LogP contribution in [0.5, 0.6) is 0 Å². The molecular weight excluding hydrogens is 204 g/mol. The molecule has 0 amide bonds. The van der Waals surface area contributed by atoms with Crippen LogP contribution in [0.25, 0.3) is 15.7 Å². The minimum absolute atomic E-state index is 0.129. The molecule has 0 saturated heterocycles. The van der Waals surface area contributed by atoms with E-state index in [1.165, 1.54) is 0 Å². The van der Waals surface area contributed by atoms with Crippen molar-refractivity contribution in [2.24, 2.45) is 5.73 Å². The summed E-state index contributed by atoms with van der Waals surface area (Å²) in [4.78, 5) is 0.818. The van der Waals surface area contributed by atoms with Crippen molar-refractivity contribution in [2.75, 3.05) is 0 Å². The van der Waals surface area contributed by atoms with Gasteiger partial charge < -0.3 is 5.73 Å². The molecule has 1 aromatic carbocycles. The van der Waals surface area contributed by atoms with E-state index >= 15 is 0 Å². The molecule has 0 radical (unpaired) electrons. The van der Waals surface area contributed by atoms with Gasteiger partial charge in [-0.25, -0.2) is 0 Å². The van der Waals surface area contributed by atoms with E-state index in [9.17, 15) is 0 Å². The lowest BCUT2D eigenvalue weighted by Gasteiger charge is -2.00. The van der Waals surface area contributed by atoms with Crippen LogP contribution in [-0.4, -0.2) is 5.84 Å². The van der Waals surface area contributed by atoms with Crippen LogP contribution in [0.4, 0.5) is 0 Å². The summed E-state index contributed by atoms with van der Waals surface area (Å²) in [5.74, 6) is 0.129. The zero-order chi connectivity index (χ0) is 11.0. The lowest BCUT2D eigenvalue weighted by Crippen LogP contribution is -2.08. The lowest BCUT2D eigenvalue weighted by molar-refractivity contribution is 1.46. The van der Waals surface area contributed by atoms with Crippen LogP contribution in [0.3, 0.4) is 0 Å². The first-order valence-corrected chi connectivity index (χ1v) is 5.44. The number of rotatable bonds is 2. The second-order valence-corrected chi connectivity index (χ2v) is 4.61. The highest BCUT2D eigenvalue weighted by Crippen LogP contribution is 2.30. The normalized spacial score (nSPS) is 10.5. The van der Waals surface area contributed by atoms with Gasteiger partial charge in [-0.1, -0.05) is 24.3 Å². The van der Waals surface area contributed by atoms with Gasteiger partial charge >= 0.3 is 0 Å². The number of nitrogens with two attached hydrogens (primary N) is 1. The number of benzene rings is 1. The van der Waals surface area contributed by atoms with Crippen LogP contribution >= 0.6 is 11.3 Å². The van der Waals surface area contributed by atoms with Crippen molar-refractivity contribution in [3.8, 4) is 0 Å². The molecule has 1 heterocycles. The van der Waals surface area contributed by atoms with Gasteiger partial charge in [0.05, 0.1) is 4.88 Å². The number of nitrogen functional groups attached to an aromatic ring is 1. The molecule has 2 aromatic rings. The van der Waals surface area contributed by atoms with Crippen molar-refractivity contribution in [3.63, 3.8) is 0 Å². The summed E-state index contributed by atoms with van der Waals surface area (Å²) in [6.45, 7) is 5.94. The molecule has 0 aliphatic rings. The van der Waals surface area contributed by atoms with Gasteiger partial charge in [-0.05, 0) is 24.6 Å². The standard InChI is InChI=1S/C12H12N2S/c1-7(2)8-4-3-5-10-9(8)6-11(15-10)12(13)14/h3-6H,1H2,2H3,(H3,13,14). The van der Waals surface area contributed by atoms with Crippen LogP contribution in [0.15, 0.2) is 30.8 Å². The first kappa shape index (κ1) is 9.93. The molecular formula is C12H12N2S. The summed E-state index contributed by atoms with van der Waals surface area (Å²) in [6, 6.07) is 8.05. The van der Waals surface area contributed by atoms with Gasteiger partial charge in [0.15, 0.2) is 0 Å². The molecule has 0 atom stereocenters. The summed E-state index contributed by atoms with van der Waals surface area (Å²) < 4.78 is 1.15. The van der Waals surface area contributed by atoms with E-state index < -0.39 is 0 Å². The largest absolute Gasteiger partial charge is 0.383 e. The second-order valence-electron chi connectivity index (χ2n) is 3.52. The molecule has 3 heteroatoms. The van der Waals surface area contributed by atoms with Crippen molar-refractivity contribution >= 4 is 32.8 Å². The molecule has 76 valence electrons. The minimum atomic E-state index is 0.129. The van der Waals surface area contributed by atoms with Crippen molar-refractivity contribution < 1.29 is 0 Å². The molecule has 2 nitrogen and oxygen atoms in total. The highest BCUT2D eigenvalue weighted by Gasteiger charge is 2.07. The molecule has 2 rings (SSSR count). The zero-order valence-corrected chi connectivity index (χ0v) is 9.32. The third-order valence-electron chi connectivity index (χ3n) is 2.29. The van der Waals surface area contributed by atoms with Crippen molar-refractivity contribution in [2.45, 2.75) is 6.92 Å². The Bertz CT molecular complexity index is 552. The summed E-state index contributed by atoms with van der Waals surface area (Å²) in [6.07, 6.45) is 0. The highest BCUT2D eigenvalue weighted by molar-refractivity contribution is 7.20. The molecule has 1 aromatic heterocycles. The molecule has 3 N–H and O–H groups in total.